The molecule has 0 spiro atoms. The largest absolute Gasteiger partial charge is 0.352 e. The number of hydrogen-bond donors (Lipinski definition) is 0. The Morgan fingerprint density at radius 1 is 1.19 bits per heavy atom. The number of nitrogens with zero attached hydrogens (tertiary/aromatic N) is 7. The summed E-state index contributed by atoms with van der Waals surface area (Å²) in [7, 11) is 0. The smallest absolute Gasteiger partial charge is 0.244 e. The van der Waals surface area contributed by atoms with E-state index < -0.39 is 0 Å². The Kier molecular flexibility index (Phi) is 6.43. The first-order valence-corrected chi connectivity index (χ1v) is 11.0. The van der Waals surface area contributed by atoms with Gasteiger partial charge in [0.15, 0.2) is 11.6 Å². The van der Waals surface area contributed by atoms with Crippen LogP contribution in [0.5, 0.6) is 0 Å². The summed E-state index contributed by atoms with van der Waals surface area (Å²) in [5.41, 5.74) is 1.29. The standard InChI is InChI=1S/C23H28FN7O/c1-4-16(2)23-26-22(18-7-8-19(24)17(3)14-18)28-31(23)15-21(32)30-12-10-29(11-13-30)20-6-5-9-25-27-20/h5-9,14,16H,4,10-13,15H2,1-3H3. The summed E-state index contributed by atoms with van der Waals surface area (Å²) in [6.45, 7) is 8.66. The van der Waals surface area contributed by atoms with Gasteiger partial charge in [-0.25, -0.2) is 14.1 Å². The fourth-order valence-electron chi connectivity index (χ4n) is 3.80. The molecule has 1 aliphatic rings. The molecule has 0 saturated carbocycles. The number of piperazine rings is 1. The Morgan fingerprint density at radius 3 is 2.62 bits per heavy atom. The molecule has 0 bridgehead atoms. The van der Waals surface area contributed by atoms with Crippen LogP contribution in [-0.4, -0.2) is 61.9 Å². The summed E-state index contributed by atoms with van der Waals surface area (Å²) in [6, 6.07) is 8.63. The molecule has 4 rings (SSSR count). The van der Waals surface area contributed by atoms with E-state index in [2.05, 4.69) is 34.0 Å². The van der Waals surface area contributed by atoms with Crippen LogP contribution in [0.4, 0.5) is 10.2 Å². The van der Waals surface area contributed by atoms with Crippen LogP contribution < -0.4 is 4.90 Å². The molecular weight excluding hydrogens is 409 g/mol. The Morgan fingerprint density at radius 2 is 1.97 bits per heavy atom. The second-order valence-electron chi connectivity index (χ2n) is 8.17. The van der Waals surface area contributed by atoms with Crippen molar-refractivity contribution >= 4 is 11.7 Å². The zero-order valence-corrected chi connectivity index (χ0v) is 18.7. The molecule has 1 unspecified atom stereocenters. The first-order valence-electron chi connectivity index (χ1n) is 11.0. The zero-order valence-electron chi connectivity index (χ0n) is 18.7. The van der Waals surface area contributed by atoms with Gasteiger partial charge < -0.3 is 9.80 Å². The first kappa shape index (κ1) is 21.9. The SMILES string of the molecule is CCC(C)c1nc(-c2ccc(F)c(C)c2)nn1CC(=O)N1CCN(c2cccnn2)CC1. The maximum atomic E-state index is 13.7. The van der Waals surface area contributed by atoms with E-state index in [1.807, 2.05) is 17.0 Å². The number of halogens is 1. The van der Waals surface area contributed by atoms with Crippen LogP contribution in [0.25, 0.3) is 11.4 Å². The van der Waals surface area contributed by atoms with Crippen molar-refractivity contribution in [1.82, 2.24) is 29.9 Å². The van der Waals surface area contributed by atoms with Crippen LogP contribution in [0.15, 0.2) is 36.5 Å². The number of aryl methyl sites for hydroxylation is 1. The van der Waals surface area contributed by atoms with Crippen molar-refractivity contribution in [3.8, 4) is 11.4 Å². The van der Waals surface area contributed by atoms with Crippen LogP contribution >= 0.6 is 0 Å². The van der Waals surface area contributed by atoms with E-state index in [9.17, 15) is 9.18 Å². The predicted molar refractivity (Wildman–Crippen MR) is 120 cm³/mol. The third-order valence-corrected chi connectivity index (χ3v) is 5.97. The molecule has 0 aliphatic carbocycles. The lowest BCUT2D eigenvalue weighted by atomic mass is 10.1. The molecule has 1 atom stereocenters. The molecule has 1 fully saturated rings. The molecule has 0 radical (unpaired) electrons. The topological polar surface area (TPSA) is 80.0 Å². The quantitative estimate of drug-likeness (QED) is 0.590. The molecule has 168 valence electrons. The molecule has 1 amide bonds. The first-order chi connectivity index (χ1) is 15.5. The molecule has 1 aliphatic heterocycles. The third kappa shape index (κ3) is 4.61. The number of hydrogen-bond acceptors (Lipinski definition) is 6. The van der Waals surface area contributed by atoms with Gasteiger partial charge in [-0.3, -0.25) is 4.79 Å². The molecule has 1 saturated heterocycles. The monoisotopic (exact) mass is 437 g/mol. The number of rotatable bonds is 6. The number of amides is 1. The van der Waals surface area contributed by atoms with Crippen molar-refractivity contribution in [2.75, 3.05) is 31.1 Å². The second kappa shape index (κ2) is 9.42. The van der Waals surface area contributed by atoms with Crippen molar-refractivity contribution in [2.24, 2.45) is 0 Å². The average Bonchev–Trinajstić information content (AvgIpc) is 3.24. The molecular formula is C23H28FN7O. The van der Waals surface area contributed by atoms with Gasteiger partial charge in [-0.1, -0.05) is 13.8 Å². The van der Waals surface area contributed by atoms with Crippen molar-refractivity contribution in [3.63, 3.8) is 0 Å². The van der Waals surface area contributed by atoms with Crippen molar-refractivity contribution in [2.45, 2.75) is 39.7 Å². The normalized spacial score (nSPS) is 15.1. The number of carbonyl (C=O) groups is 1. The highest BCUT2D eigenvalue weighted by molar-refractivity contribution is 5.76. The Labute approximate surface area is 187 Å². The summed E-state index contributed by atoms with van der Waals surface area (Å²) in [4.78, 5) is 21.8. The highest BCUT2D eigenvalue weighted by Gasteiger charge is 2.25. The van der Waals surface area contributed by atoms with Crippen LogP contribution in [0.3, 0.4) is 0 Å². The highest BCUT2D eigenvalue weighted by atomic mass is 19.1. The number of benzene rings is 1. The lowest BCUT2D eigenvalue weighted by molar-refractivity contribution is -0.132. The minimum Gasteiger partial charge on any atom is -0.352 e. The van der Waals surface area contributed by atoms with Gasteiger partial charge in [-0.2, -0.15) is 10.2 Å². The van der Waals surface area contributed by atoms with E-state index in [4.69, 9.17) is 4.98 Å². The molecule has 8 nitrogen and oxygen atoms in total. The summed E-state index contributed by atoms with van der Waals surface area (Å²) < 4.78 is 15.4. The lowest BCUT2D eigenvalue weighted by Gasteiger charge is -2.35. The van der Waals surface area contributed by atoms with Crippen molar-refractivity contribution in [1.29, 1.82) is 0 Å². The van der Waals surface area contributed by atoms with Gasteiger partial charge in [0, 0.05) is 43.9 Å². The van der Waals surface area contributed by atoms with Gasteiger partial charge in [0.2, 0.25) is 5.91 Å². The number of carbonyl (C=O) groups excluding carboxylic acids is 1. The number of aromatic nitrogens is 5. The maximum absolute atomic E-state index is 13.7. The molecule has 0 N–H and O–H groups in total. The molecule has 3 aromatic rings. The van der Waals surface area contributed by atoms with Gasteiger partial charge in [0.05, 0.1) is 0 Å². The molecule has 3 heterocycles. The van der Waals surface area contributed by atoms with E-state index in [0.717, 1.165) is 23.6 Å². The fourth-order valence-corrected chi connectivity index (χ4v) is 3.80. The van der Waals surface area contributed by atoms with Crippen LogP contribution in [0.2, 0.25) is 0 Å². The minimum atomic E-state index is -0.258. The Hall–Kier alpha value is -3.36. The number of anilines is 1. The minimum absolute atomic E-state index is 0.0140. The molecule has 2 aromatic heterocycles. The Bertz CT molecular complexity index is 1080. The average molecular weight is 438 g/mol. The second-order valence-corrected chi connectivity index (χ2v) is 8.17. The summed E-state index contributed by atoms with van der Waals surface area (Å²) >= 11 is 0. The van der Waals surface area contributed by atoms with Gasteiger partial charge >= 0.3 is 0 Å². The van der Waals surface area contributed by atoms with Gasteiger partial charge in [-0.15, -0.1) is 5.10 Å². The van der Waals surface area contributed by atoms with Gasteiger partial charge in [0.1, 0.15) is 18.2 Å². The van der Waals surface area contributed by atoms with E-state index >= 15 is 0 Å². The summed E-state index contributed by atoms with van der Waals surface area (Å²) in [5.74, 6) is 2.03. The maximum Gasteiger partial charge on any atom is 0.244 e. The summed E-state index contributed by atoms with van der Waals surface area (Å²) in [6.07, 6.45) is 2.53. The Balaban J connectivity index is 1.48. The van der Waals surface area contributed by atoms with Gasteiger partial charge in [0.25, 0.3) is 0 Å². The third-order valence-electron chi connectivity index (χ3n) is 5.97. The zero-order chi connectivity index (χ0) is 22.7. The predicted octanol–water partition coefficient (Wildman–Crippen LogP) is 3.04. The van der Waals surface area contributed by atoms with E-state index in [-0.39, 0.29) is 24.2 Å². The molecule has 9 heteroatoms. The summed E-state index contributed by atoms with van der Waals surface area (Å²) in [5, 5.41) is 12.7. The fraction of sp³-hybridized carbons (Fsp3) is 0.435. The van der Waals surface area contributed by atoms with E-state index in [1.165, 1.54) is 6.07 Å². The van der Waals surface area contributed by atoms with Crippen molar-refractivity contribution in [3.05, 3.63) is 53.7 Å². The van der Waals surface area contributed by atoms with Crippen LogP contribution in [-0.2, 0) is 11.3 Å². The lowest BCUT2D eigenvalue weighted by Crippen LogP contribution is -2.50. The van der Waals surface area contributed by atoms with Crippen LogP contribution in [0, 0.1) is 12.7 Å². The highest BCUT2D eigenvalue weighted by Crippen LogP contribution is 2.24. The van der Waals surface area contributed by atoms with E-state index in [0.29, 0.717) is 37.6 Å². The van der Waals surface area contributed by atoms with Crippen LogP contribution in [0.1, 0.15) is 37.6 Å². The van der Waals surface area contributed by atoms with Crippen molar-refractivity contribution < 1.29 is 9.18 Å². The van der Waals surface area contributed by atoms with E-state index in [1.54, 1.807) is 29.9 Å². The van der Waals surface area contributed by atoms with Gasteiger partial charge in [-0.05, 0) is 49.2 Å². The molecule has 32 heavy (non-hydrogen) atoms. The molecule has 1 aromatic carbocycles.